The summed E-state index contributed by atoms with van der Waals surface area (Å²) in [5, 5.41) is 0. The van der Waals surface area contributed by atoms with E-state index >= 15 is 0 Å². The van der Waals surface area contributed by atoms with E-state index in [9.17, 15) is 4.79 Å². The average Bonchev–Trinajstić information content (AvgIpc) is 3.04. The maximum absolute atomic E-state index is 12.4. The fourth-order valence-electron chi connectivity index (χ4n) is 3.01. The van der Waals surface area contributed by atoms with Gasteiger partial charge in [-0.2, -0.15) is 4.99 Å². The Bertz CT molecular complexity index is 1000. The Hall–Kier alpha value is -2.11. The van der Waals surface area contributed by atoms with Crippen LogP contribution in [0.15, 0.2) is 66.2 Å². The van der Waals surface area contributed by atoms with Crippen LogP contribution in [0.5, 0.6) is 0 Å². The topological polar surface area (TPSA) is 34.4 Å². The first-order valence-corrected chi connectivity index (χ1v) is 11.6. The summed E-state index contributed by atoms with van der Waals surface area (Å²) in [4.78, 5) is 17.6. The third-order valence-electron chi connectivity index (χ3n) is 4.44. The molecule has 0 N–H and O–H groups in total. The molecule has 0 saturated heterocycles. The maximum atomic E-state index is 12.4. The molecular formula is C23H26N2OS2. The number of aromatic nitrogens is 1. The zero-order valence-corrected chi connectivity index (χ0v) is 17.9. The molecular weight excluding hydrogens is 384 g/mol. The van der Waals surface area contributed by atoms with E-state index in [1.54, 1.807) is 23.1 Å². The predicted molar refractivity (Wildman–Crippen MR) is 122 cm³/mol. The van der Waals surface area contributed by atoms with Gasteiger partial charge in [-0.05, 0) is 36.1 Å². The van der Waals surface area contributed by atoms with Gasteiger partial charge in [0.1, 0.15) is 0 Å². The first kappa shape index (κ1) is 20.6. The predicted octanol–water partition coefficient (Wildman–Crippen LogP) is 5.59. The third-order valence-corrected chi connectivity index (χ3v) is 6.46. The number of unbranched alkanes of at least 4 members (excludes halogenated alkanes) is 1. The monoisotopic (exact) mass is 410 g/mol. The molecule has 0 aliphatic heterocycles. The Morgan fingerprint density at radius 2 is 2.04 bits per heavy atom. The zero-order valence-electron chi connectivity index (χ0n) is 16.3. The molecule has 1 heterocycles. The highest BCUT2D eigenvalue weighted by molar-refractivity contribution is 7.99. The number of aryl methyl sites for hydroxylation is 1. The molecule has 3 nitrogen and oxygen atoms in total. The number of nitrogens with zero attached hydrogens (tertiary/aromatic N) is 2. The van der Waals surface area contributed by atoms with Crippen molar-refractivity contribution in [3.8, 4) is 0 Å². The molecule has 0 aliphatic rings. The number of thiazole rings is 1. The number of rotatable bonds is 9. The van der Waals surface area contributed by atoms with Crippen molar-refractivity contribution < 1.29 is 4.79 Å². The Kier molecular flexibility index (Phi) is 7.69. The minimum absolute atomic E-state index is 0.0866. The van der Waals surface area contributed by atoms with E-state index in [1.165, 1.54) is 28.7 Å². The van der Waals surface area contributed by atoms with Gasteiger partial charge in [-0.25, -0.2) is 0 Å². The lowest BCUT2D eigenvalue weighted by molar-refractivity contribution is -0.115. The Labute approximate surface area is 174 Å². The number of benzene rings is 2. The summed E-state index contributed by atoms with van der Waals surface area (Å²) in [6.45, 7) is 6.72. The Balaban J connectivity index is 1.78. The highest BCUT2D eigenvalue weighted by Gasteiger charge is 2.08. The SMILES string of the molecule is C=CCn1c(=NC(=O)CSCc2ccccc2)sc2cc(CCCC)ccc21. The van der Waals surface area contributed by atoms with Crippen LogP contribution in [0.25, 0.3) is 10.2 Å². The molecule has 1 amide bonds. The third kappa shape index (κ3) is 5.46. The van der Waals surface area contributed by atoms with Crippen molar-refractivity contribution in [2.24, 2.45) is 4.99 Å². The molecule has 0 saturated carbocycles. The summed E-state index contributed by atoms with van der Waals surface area (Å²) in [7, 11) is 0. The van der Waals surface area contributed by atoms with Gasteiger partial charge in [-0.15, -0.1) is 18.3 Å². The summed E-state index contributed by atoms with van der Waals surface area (Å²) in [6, 6.07) is 16.8. The van der Waals surface area contributed by atoms with Crippen LogP contribution < -0.4 is 4.80 Å². The first-order chi connectivity index (χ1) is 13.7. The normalized spacial score (nSPS) is 11.8. The van der Waals surface area contributed by atoms with Crippen molar-refractivity contribution >= 4 is 39.2 Å². The van der Waals surface area contributed by atoms with Gasteiger partial charge in [0.15, 0.2) is 4.80 Å². The number of allylic oxidation sites excluding steroid dienone is 1. The lowest BCUT2D eigenvalue weighted by Gasteiger charge is -2.03. The second kappa shape index (κ2) is 10.4. The van der Waals surface area contributed by atoms with E-state index in [2.05, 4.69) is 53.4 Å². The lowest BCUT2D eigenvalue weighted by atomic mass is 10.1. The molecule has 0 spiro atoms. The zero-order chi connectivity index (χ0) is 19.8. The lowest BCUT2D eigenvalue weighted by Crippen LogP contribution is -2.16. The van der Waals surface area contributed by atoms with Gasteiger partial charge in [-0.3, -0.25) is 4.79 Å². The molecule has 146 valence electrons. The molecule has 0 aliphatic carbocycles. The second-order valence-corrected chi connectivity index (χ2v) is 8.67. The molecule has 3 aromatic rings. The van der Waals surface area contributed by atoms with Crippen LogP contribution in [0.1, 0.15) is 30.9 Å². The van der Waals surface area contributed by atoms with E-state index in [-0.39, 0.29) is 5.91 Å². The molecule has 0 radical (unpaired) electrons. The number of carbonyl (C=O) groups is 1. The van der Waals surface area contributed by atoms with Crippen LogP contribution in [0, 0.1) is 0 Å². The summed E-state index contributed by atoms with van der Waals surface area (Å²) < 4.78 is 3.26. The molecule has 3 rings (SSSR count). The number of hydrogen-bond acceptors (Lipinski definition) is 3. The van der Waals surface area contributed by atoms with Gasteiger partial charge in [0.2, 0.25) is 0 Å². The smallest absolute Gasteiger partial charge is 0.258 e. The summed E-state index contributed by atoms with van der Waals surface area (Å²) in [5.74, 6) is 1.12. The summed E-state index contributed by atoms with van der Waals surface area (Å²) in [6.07, 6.45) is 5.32. The largest absolute Gasteiger partial charge is 0.313 e. The molecule has 0 fully saturated rings. The molecule has 5 heteroatoms. The first-order valence-electron chi connectivity index (χ1n) is 9.63. The standard InChI is InChI=1S/C23H26N2OS2/c1-3-5-9-18-12-13-20-21(15-18)28-23(25(20)14-4-2)24-22(26)17-27-16-19-10-7-6-8-11-19/h4,6-8,10-13,15H,2-3,5,9,14,16-17H2,1H3. The van der Waals surface area contributed by atoms with Crippen molar-refractivity contribution in [3.63, 3.8) is 0 Å². The van der Waals surface area contributed by atoms with E-state index in [0.29, 0.717) is 12.3 Å². The molecule has 0 atom stereocenters. The van der Waals surface area contributed by atoms with E-state index in [0.717, 1.165) is 22.5 Å². The van der Waals surface area contributed by atoms with Crippen molar-refractivity contribution in [2.75, 3.05) is 5.75 Å². The minimum atomic E-state index is -0.0866. The molecule has 2 aromatic carbocycles. The van der Waals surface area contributed by atoms with Crippen LogP contribution in [0.3, 0.4) is 0 Å². The molecule has 1 aromatic heterocycles. The molecule has 28 heavy (non-hydrogen) atoms. The highest BCUT2D eigenvalue weighted by Crippen LogP contribution is 2.21. The molecule has 0 unspecified atom stereocenters. The fraction of sp³-hybridized carbons (Fsp3) is 0.304. The minimum Gasteiger partial charge on any atom is -0.313 e. The van der Waals surface area contributed by atoms with Gasteiger partial charge >= 0.3 is 0 Å². The van der Waals surface area contributed by atoms with Crippen molar-refractivity contribution in [1.82, 2.24) is 4.57 Å². The van der Waals surface area contributed by atoms with E-state index in [1.807, 2.05) is 24.3 Å². The van der Waals surface area contributed by atoms with Gasteiger partial charge < -0.3 is 4.57 Å². The van der Waals surface area contributed by atoms with Crippen LogP contribution in [-0.2, 0) is 23.5 Å². The quantitative estimate of drug-likeness (QED) is 0.431. The Morgan fingerprint density at radius 3 is 2.79 bits per heavy atom. The van der Waals surface area contributed by atoms with Gasteiger partial charge in [-0.1, -0.05) is 67.2 Å². The van der Waals surface area contributed by atoms with Gasteiger partial charge in [0.25, 0.3) is 5.91 Å². The van der Waals surface area contributed by atoms with E-state index in [4.69, 9.17) is 0 Å². The number of carbonyl (C=O) groups excluding carboxylic acids is 1. The Morgan fingerprint density at radius 1 is 1.21 bits per heavy atom. The number of thioether (sulfide) groups is 1. The average molecular weight is 411 g/mol. The van der Waals surface area contributed by atoms with Crippen LogP contribution >= 0.6 is 23.1 Å². The summed E-state index contributed by atoms with van der Waals surface area (Å²) in [5.41, 5.74) is 3.69. The number of hydrogen-bond donors (Lipinski definition) is 0. The van der Waals surface area contributed by atoms with E-state index < -0.39 is 0 Å². The number of fused-ring (bicyclic) bond motifs is 1. The van der Waals surface area contributed by atoms with Crippen LogP contribution in [-0.4, -0.2) is 16.2 Å². The number of amides is 1. The van der Waals surface area contributed by atoms with Crippen LogP contribution in [0.4, 0.5) is 0 Å². The van der Waals surface area contributed by atoms with Crippen LogP contribution in [0.2, 0.25) is 0 Å². The highest BCUT2D eigenvalue weighted by atomic mass is 32.2. The van der Waals surface area contributed by atoms with Gasteiger partial charge in [0.05, 0.1) is 16.0 Å². The van der Waals surface area contributed by atoms with Crippen molar-refractivity contribution in [1.29, 1.82) is 0 Å². The molecule has 0 bridgehead atoms. The van der Waals surface area contributed by atoms with Crippen molar-refractivity contribution in [2.45, 2.75) is 38.5 Å². The van der Waals surface area contributed by atoms with Gasteiger partial charge in [0, 0.05) is 12.3 Å². The fourth-order valence-corrected chi connectivity index (χ4v) is 4.90. The second-order valence-electron chi connectivity index (χ2n) is 6.67. The summed E-state index contributed by atoms with van der Waals surface area (Å²) >= 11 is 3.19. The maximum Gasteiger partial charge on any atom is 0.258 e. The van der Waals surface area contributed by atoms with Crippen molar-refractivity contribution in [3.05, 3.63) is 77.1 Å².